The molecule has 0 saturated carbocycles. The fraction of sp³-hybridized carbons (Fsp3) is 0.417. The first kappa shape index (κ1) is 13.5. The topological polar surface area (TPSA) is 52.6 Å². The summed E-state index contributed by atoms with van der Waals surface area (Å²) in [4.78, 5) is 13.7. The fourth-order valence-electron chi connectivity index (χ4n) is 2.07. The van der Waals surface area contributed by atoms with E-state index >= 15 is 0 Å². The molecule has 98 valence electrons. The lowest BCUT2D eigenvalue weighted by atomic mass is 10.2. The average molecular weight is 289 g/mol. The summed E-state index contributed by atoms with van der Waals surface area (Å²) in [5, 5.41) is 12.8. The summed E-state index contributed by atoms with van der Waals surface area (Å²) >= 11 is 11.8. The number of carbonyl (C=O) groups is 1. The molecular formula is C12H14Cl2N2O2. The molecule has 1 aliphatic heterocycles. The zero-order valence-electron chi connectivity index (χ0n) is 9.70. The number of urea groups is 1. The van der Waals surface area contributed by atoms with Crippen LogP contribution < -0.4 is 5.32 Å². The third-order valence-corrected chi connectivity index (χ3v) is 3.57. The lowest BCUT2D eigenvalue weighted by molar-refractivity contribution is 0.166. The van der Waals surface area contributed by atoms with Gasteiger partial charge in [-0.05, 0) is 31.0 Å². The Labute approximate surface area is 115 Å². The van der Waals surface area contributed by atoms with Crippen molar-refractivity contribution in [2.75, 3.05) is 18.5 Å². The highest BCUT2D eigenvalue weighted by molar-refractivity contribution is 6.36. The van der Waals surface area contributed by atoms with E-state index in [0.717, 1.165) is 12.8 Å². The number of anilines is 1. The summed E-state index contributed by atoms with van der Waals surface area (Å²) in [6, 6.07) is 4.56. The molecule has 2 rings (SSSR count). The minimum Gasteiger partial charge on any atom is -0.394 e. The Morgan fingerprint density at radius 2 is 2.28 bits per heavy atom. The Morgan fingerprint density at radius 1 is 1.50 bits per heavy atom. The van der Waals surface area contributed by atoms with Gasteiger partial charge < -0.3 is 15.3 Å². The summed E-state index contributed by atoms with van der Waals surface area (Å²) in [6.07, 6.45) is 1.74. The van der Waals surface area contributed by atoms with Gasteiger partial charge in [0.25, 0.3) is 0 Å². The van der Waals surface area contributed by atoms with Gasteiger partial charge in [0.05, 0.1) is 23.4 Å². The number of likely N-dealkylation sites (tertiary alicyclic amines) is 1. The van der Waals surface area contributed by atoms with Gasteiger partial charge in [-0.15, -0.1) is 0 Å². The number of aliphatic hydroxyl groups is 1. The second-order valence-corrected chi connectivity index (χ2v) is 5.07. The monoisotopic (exact) mass is 288 g/mol. The van der Waals surface area contributed by atoms with Crippen LogP contribution in [0.15, 0.2) is 18.2 Å². The van der Waals surface area contributed by atoms with Gasteiger partial charge in [-0.2, -0.15) is 0 Å². The van der Waals surface area contributed by atoms with E-state index < -0.39 is 0 Å². The van der Waals surface area contributed by atoms with E-state index in [9.17, 15) is 9.90 Å². The van der Waals surface area contributed by atoms with Gasteiger partial charge >= 0.3 is 6.03 Å². The molecule has 2 N–H and O–H groups in total. The van der Waals surface area contributed by atoms with E-state index in [0.29, 0.717) is 22.3 Å². The van der Waals surface area contributed by atoms with Crippen molar-refractivity contribution in [3.63, 3.8) is 0 Å². The van der Waals surface area contributed by atoms with Gasteiger partial charge in [0.2, 0.25) is 0 Å². The molecule has 6 heteroatoms. The predicted octanol–water partition coefficient (Wildman–Crippen LogP) is 2.98. The van der Waals surface area contributed by atoms with E-state index in [1.54, 1.807) is 23.1 Å². The van der Waals surface area contributed by atoms with Gasteiger partial charge in [-0.3, -0.25) is 0 Å². The zero-order chi connectivity index (χ0) is 13.1. The molecule has 1 saturated heterocycles. The number of halogens is 2. The highest BCUT2D eigenvalue weighted by atomic mass is 35.5. The number of hydrogen-bond acceptors (Lipinski definition) is 2. The second kappa shape index (κ2) is 5.78. The largest absolute Gasteiger partial charge is 0.394 e. The van der Waals surface area contributed by atoms with Gasteiger partial charge in [-0.25, -0.2) is 4.79 Å². The van der Waals surface area contributed by atoms with E-state index in [2.05, 4.69) is 5.32 Å². The Kier molecular flexibility index (Phi) is 4.32. The number of nitrogens with zero attached hydrogens (tertiary/aromatic N) is 1. The Balaban J connectivity index is 2.07. The van der Waals surface area contributed by atoms with Gasteiger partial charge in [0, 0.05) is 11.6 Å². The maximum atomic E-state index is 12.0. The summed E-state index contributed by atoms with van der Waals surface area (Å²) in [5.41, 5.74) is 0.523. The molecule has 1 heterocycles. The average Bonchev–Trinajstić information content (AvgIpc) is 2.81. The first-order valence-electron chi connectivity index (χ1n) is 5.75. The van der Waals surface area contributed by atoms with Crippen molar-refractivity contribution in [1.29, 1.82) is 0 Å². The van der Waals surface area contributed by atoms with Gasteiger partial charge in [0.15, 0.2) is 0 Å². The molecule has 0 bridgehead atoms. The molecule has 1 aliphatic rings. The van der Waals surface area contributed by atoms with E-state index in [4.69, 9.17) is 23.2 Å². The highest BCUT2D eigenvalue weighted by Crippen LogP contribution is 2.26. The number of amides is 2. The van der Waals surface area contributed by atoms with E-state index in [1.807, 2.05) is 0 Å². The predicted molar refractivity (Wildman–Crippen MR) is 72.3 cm³/mol. The summed E-state index contributed by atoms with van der Waals surface area (Å²) in [7, 11) is 0. The number of nitrogens with one attached hydrogen (secondary N) is 1. The van der Waals surface area contributed by atoms with Crippen LogP contribution in [0.4, 0.5) is 10.5 Å². The van der Waals surface area contributed by atoms with E-state index in [1.165, 1.54) is 0 Å². The minimum atomic E-state index is -0.240. The molecule has 18 heavy (non-hydrogen) atoms. The molecule has 0 spiro atoms. The molecule has 0 radical (unpaired) electrons. The third-order valence-electron chi connectivity index (χ3n) is 3.02. The van der Waals surface area contributed by atoms with Crippen LogP contribution in [0, 0.1) is 0 Å². The minimum absolute atomic E-state index is 0.0121. The van der Waals surface area contributed by atoms with Crippen LogP contribution in [-0.4, -0.2) is 35.2 Å². The van der Waals surface area contributed by atoms with Crippen LogP contribution in [0.1, 0.15) is 12.8 Å². The number of aliphatic hydroxyl groups excluding tert-OH is 1. The van der Waals surface area contributed by atoms with Gasteiger partial charge in [-0.1, -0.05) is 23.2 Å². The van der Waals surface area contributed by atoms with Crippen molar-refractivity contribution in [3.05, 3.63) is 28.2 Å². The Bertz CT molecular complexity index is 454. The molecule has 4 nitrogen and oxygen atoms in total. The van der Waals surface area contributed by atoms with Crippen molar-refractivity contribution in [3.8, 4) is 0 Å². The molecule has 2 amide bonds. The van der Waals surface area contributed by atoms with Crippen LogP contribution in [0.3, 0.4) is 0 Å². The van der Waals surface area contributed by atoms with Crippen LogP contribution in [0.2, 0.25) is 10.0 Å². The highest BCUT2D eigenvalue weighted by Gasteiger charge is 2.28. The quantitative estimate of drug-likeness (QED) is 0.879. The first-order chi connectivity index (χ1) is 8.61. The lowest BCUT2D eigenvalue weighted by Gasteiger charge is -2.23. The lowest BCUT2D eigenvalue weighted by Crippen LogP contribution is -2.40. The number of rotatable bonds is 2. The van der Waals surface area contributed by atoms with Crippen LogP contribution in [-0.2, 0) is 0 Å². The number of hydrogen-bond donors (Lipinski definition) is 2. The summed E-state index contributed by atoms with van der Waals surface area (Å²) < 4.78 is 0. The SMILES string of the molecule is O=C(Nc1ccc(Cl)cc1Cl)N1CCCC1CO. The van der Waals surface area contributed by atoms with Crippen molar-refractivity contribution in [2.45, 2.75) is 18.9 Å². The maximum absolute atomic E-state index is 12.0. The summed E-state index contributed by atoms with van der Waals surface area (Å²) in [6.45, 7) is 0.643. The van der Waals surface area contributed by atoms with Crippen molar-refractivity contribution in [1.82, 2.24) is 4.90 Å². The van der Waals surface area contributed by atoms with Crippen LogP contribution in [0.25, 0.3) is 0 Å². The fourth-order valence-corrected chi connectivity index (χ4v) is 2.53. The molecular weight excluding hydrogens is 275 g/mol. The number of carbonyl (C=O) groups excluding carboxylic acids is 1. The standard InChI is InChI=1S/C12H14Cl2N2O2/c13-8-3-4-11(10(14)6-8)15-12(18)16-5-1-2-9(16)7-17/h3-4,6,9,17H,1-2,5,7H2,(H,15,18). The molecule has 0 aromatic heterocycles. The molecule has 1 aromatic rings. The maximum Gasteiger partial charge on any atom is 0.322 e. The van der Waals surface area contributed by atoms with Crippen LogP contribution >= 0.6 is 23.2 Å². The second-order valence-electron chi connectivity index (χ2n) is 4.23. The van der Waals surface area contributed by atoms with Crippen molar-refractivity contribution < 1.29 is 9.90 Å². The number of benzene rings is 1. The third kappa shape index (κ3) is 2.88. The zero-order valence-corrected chi connectivity index (χ0v) is 11.2. The van der Waals surface area contributed by atoms with Crippen molar-refractivity contribution >= 4 is 34.9 Å². The molecule has 1 fully saturated rings. The Hall–Kier alpha value is -0.970. The Morgan fingerprint density at radius 3 is 2.94 bits per heavy atom. The van der Waals surface area contributed by atoms with E-state index in [-0.39, 0.29) is 18.7 Å². The smallest absolute Gasteiger partial charge is 0.322 e. The van der Waals surface area contributed by atoms with Gasteiger partial charge in [0.1, 0.15) is 0 Å². The molecule has 0 aliphatic carbocycles. The van der Waals surface area contributed by atoms with Crippen molar-refractivity contribution in [2.24, 2.45) is 0 Å². The first-order valence-corrected chi connectivity index (χ1v) is 6.51. The normalized spacial score (nSPS) is 19.1. The molecule has 1 aromatic carbocycles. The summed E-state index contributed by atoms with van der Waals surface area (Å²) in [5.74, 6) is 0. The molecule has 1 atom stereocenters. The van der Waals surface area contributed by atoms with Crippen LogP contribution in [0.5, 0.6) is 0 Å². The molecule has 1 unspecified atom stereocenters.